The first kappa shape index (κ1) is 13.4. The number of nitrogens with one attached hydrogen (secondary N) is 1. The third-order valence-corrected chi connectivity index (χ3v) is 3.73. The van der Waals surface area contributed by atoms with Crippen LogP contribution in [0.25, 0.3) is 0 Å². The second-order valence-corrected chi connectivity index (χ2v) is 5.14. The van der Waals surface area contributed by atoms with Gasteiger partial charge in [-0.1, -0.05) is 6.07 Å². The molecule has 0 radical (unpaired) electrons. The summed E-state index contributed by atoms with van der Waals surface area (Å²) in [5.74, 6) is 1.72. The molecule has 3 nitrogen and oxygen atoms in total. The minimum absolute atomic E-state index is 0.579. The Hall–Kier alpha value is -1.06. The van der Waals surface area contributed by atoms with Gasteiger partial charge in [0.25, 0.3) is 0 Å². The van der Waals surface area contributed by atoms with Crippen LogP contribution in [0.3, 0.4) is 0 Å². The molecule has 3 heteroatoms. The summed E-state index contributed by atoms with van der Waals surface area (Å²) in [7, 11) is 0. The maximum Gasteiger partial charge on any atom is 0.119 e. The molecule has 0 bridgehead atoms. The number of rotatable bonds is 5. The molecule has 2 rings (SSSR count). The first-order valence-electron chi connectivity index (χ1n) is 6.92. The van der Waals surface area contributed by atoms with Gasteiger partial charge in [0.2, 0.25) is 0 Å². The summed E-state index contributed by atoms with van der Waals surface area (Å²) in [6, 6.07) is 6.18. The van der Waals surface area contributed by atoms with Crippen LogP contribution in [0.1, 0.15) is 30.4 Å². The fourth-order valence-electron chi connectivity index (χ4n) is 2.47. The molecule has 18 heavy (non-hydrogen) atoms. The summed E-state index contributed by atoms with van der Waals surface area (Å²) < 4.78 is 5.82. The lowest BCUT2D eigenvalue weighted by atomic mass is 9.97. The molecule has 0 aromatic heterocycles. The fraction of sp³-hybridized carbons (Fsp3) is 0.600. The summed E-state index contributed by atoms with van der Waals surface area (Å²) in [6.45, 7) is 5.79. The van der Waals surface area contributed by atoms with Crippen molar-refractivity contribution >= 4 is 0 Å². The van der Waals surface area contributed by atoms with Crippen LogP contribution in [0.15, 0.2) is 18.2 Å². The molecule has 100 valence electrons. The molecule has 1 fully saturated rings. The van der Waals surface area contributed by atoms with Gasteiger partial charge >= 0.3 is 0 Å². The quantitative estimate of drug-likeness (QED) is 0.840. The second kappa shape index (κ2) is 6.76. The average molecular weight is 248 g/mol. The van der Waals surface area contributed by atoms with E-state index >= 15 is 0 Å². The van der Waals surface area contributed by atoms with E-state index in [1.54, 1.807) is 0 Å². The summed E-state index contributed by atoms with van der Waals surface area (Å²) in [4.78, 5) is 0. The predicted molar refractivity (Wildman–Crippen MR) is 74.8 cm³/mol. The van der Waals surface area contributed by atoms with Crippen molar-refractivity contribution in [2.24, 2.45) is 11.7 Å². The van der Waals surface area contributed by atoms with Crippen LogP contribution in [-0.4, -0.2) is 19.7 Å². The van der Waals surface area contributed by atoms with Crippen molar-refractivity contribution in [3.8, 4) is 5.75 Å². The molecule has 1 aliphatic heterocycles. The van der Waals surface area contributed by atoms with E-state index in [1.165, 1.54) is 30.5 Å². The van der Waals surface area contributed by atoms with Gasteiger partial charge in [-0.05, 0) is 68.5 Å². The zero-order chi connectivity index (χ0) is 12.8. The van der Waals surface area contributed by atoms with Gasteiger partial charge in [0, 0.05) is 6.54 Å². The largest absolute Gasteiger partial charge is 0.494 e. The van der Waals surface area contributed by atoms with Crippen molar-refractivity contribution < 1.29 is 4.74 Å². The highest BCUT2D eigenvalue weighted by atomic mass is 16.5. The summed E-state index contributed by atoms with van der Waals surface area (Å²) in [5, 5.41) is 3.44. The third-order valence-electron chi connectivity index (χ3n) is 3.73. The van der Waals surface area contributed by atoms with Gasteiger partial charge in [-0.3, -0.25) is 0 Å². The molecule has 0 saturated carbocycles. The van der Waals surface area contributed by atoms with E-state index in [9.17, 15) is 0 Å². The monoisotopic (exact) mass is 248 g/mol. The molecule has 1 aliphatic rings. The van der Waals surface area contributed by atoms with Crippen molar-refractivity contribution in [3.63, 3.8) is 0 Å². The first-order chi connectivity index (χ1) is 8.79. The van der Waals surface area contributed by atoms with Crippen LogP contribution in [0, 0.1) is 12.8 Å². The number of benzene rings is 1. The van der Waals surface area contributed by atoms with Crippen LogP contribution in [0.4, 0.5) is 0 Å². The SMILES string of the molecule is Cc1ccc(OCCC2CCCNC2)cc1CN. The Morgan fingerprint density at radius 1 is 1.44 bits per heavy atom. The molecule has 1 aromatic rings. The van der Waals surface area contributed by atoms with Crippen molar-refractivity contribution in [3.05, 3.63) is 29.3 Å². The Balaban J connectivity index is 1.79. The van der Waals surface area contributed by atoms with E-state index in [4.69, 9.17) is 10.5 Å². The Labute approximate surface area is 110 Å². The van der Waals surface area contributed by atoms with E-state index in [0.717, 1.165) is 31.2 Å². The van der Waals surface area contributed by atoms with Crippen molar-refractivity contribution in [2.75, 3.05) is 19.7 Å². The molecule has 0 aliphatic carbocycles. The molecule has 1 heterocycles. The molecule has 0 spiro atoms. The lowest BCUT2D eigenvalue weighted by Gasteiger charge is -2.22. The minimum atomic E-state index is 0.579. The normalized spacial score (nSPS) is 19.8. The van der Waals surface area contributed by atoms with Gasteiger partial charge in [0.15, 0.2) is 0 Å². The lowest BCUT2D eigenvalue weighted by Crippen LogP contribution is -2.30. The maximum absolute atomic E-state index is 5.82. The Kier molecular flexibility index (Phi) is 5.02. The molecule has 1 saturated heterocycles. The summed E-state index contributed by atoms with van der Waals surface area (Å²) in [5.41, 5.74) is 8.11. The van der Waals surface area contributed by atoms with Crippen LogP contribution >= 0.6 is 0 Å². The van der Waals surface area contributed by atoms with E-state index in [1.807, 2.05) is 6.07 Å². The highest BCUT2D eigenvalue weighted by molar-refractivity contribution is 5.34. The smallest absolute Gasteiger partial charge is 0.119 e. The van der Waals surface area contributed by atoms with Crippen LogP contribution in [-0.2, 0) is 6.54 Å². The molecule has 0 amide bonds. The van der Waals surface area contributed by atoms with Crippen molar-refractivity contribution in [1.82, 2.24) is 5.32 Å². The molecule has 1 unspecified atom stereocenters. The number of aryl methyl sites for hydroxylation is 1. The van der Waals surface area contributed by atoms with Gasteiger partial charge in [-0.15, -0.1) is 0 Å². The second-order valence-electron chi connectivity index (χ2n) is 5.14. The van der Waals surface area contributed by atoms with E-state index in [2.05, 4.69) is 24.4 Å². The number of hydrogen-bond donors (Lipinski definition) is 2. The maximum atomic E-state index is 5.82. The number of ether oxygens (including phenoxy) is 1. The topological polar surface area (TPSA) is 47.3 Å². The Morgan fingerprint density at radius 2 is 2.33 bits per heavy atom. The van der Waals surface area contributed by atoms with E-state index in [-0.39, 0.29) is 0 Å². The van der Waals surface area contributed by atoms with Gasteiger partial charge in [0.1, 0.15) is 5.75 Å². The Morgan fingerprint density at radius 3 is 3.06 bits per heavy atom. The summed E-state index contributed by atoms with van der Waals surface area (Å²) in [6.07, 6.45) is 3.77. The zero-order valence-electron chi connectivity index (χ0n) is 11.2. The molecular formula is C15H24N2O. The zero-order valence-corrected chi connectivity index (χ0v) is 11.2. The van der Waals surface area contributed by atoms with Gasteiger partial charge in [-0.2, -0.15) is 0 Å². The molecule has 3 N–H and O–H groups in total. The number of piperidine rings is 1. The fourth-order valence-corrected chi connectivity index (χ4v) is 2.47. The minimum Gasteiger partial charge on any atom is -0.494 e. The highest BCUT2D eigenvalue weighted by Gasteiger charge is 2.12. The van der Waals surface area contributed by atoms with Crippen molar-refractivity contribution in [2.45, 2.75) is 32.7 Å². The molecular weight excluding hydrogens is 224 g/mol. The number of hydrogen-bond acceptors (Lipinski definition) is 3. The molecule has 1 atom stereocenters. The lowest BCUT2D eigenvalue weighted by molar-refractivity contribution is 0.254. The standard InChI is InChI=1S/C15H24N2O/c1-12-4-5-15(9-14(12)10-16)18-8-6-13-3-2-7-17-11-13/h4-5,9,13,17H,2-3,6-8,10-11,16H2,1H3. The summed E-state index contributed by atoms with van der Waals surface area (Å²) >= 11 is 0. The number of nitrogens with two attached hydrogens (primary N) is 1. The highest BCUT2D eigenvalue weighted by Crippen LogP contribution is 2.19. The van der Waals surface area contributed by atoms with E-state index in [0.29, 0.717) is 6.54 Å². The van der Waals surface area contributed by atoms with Gasteiger partial charge < -0.3 is 15.8 Å². The first-order valence-corrected chi connectivity index (χ1v) is 6.92. The van der Waals surface area contributed by atoms with E-state index < -0.39 is 0 Å². The van der Waals surface area contributed by atoms with Crippen LogP contribution in [0.5, 0.6) is 5.75 Å². The van der Waals surface area contributed by atoms with Crippen LogP contribution < -0.4 is 15.8 Å². The average Bonchev–Trinajstić information content (AvgIpc) is 2.42. The van der Waals surface area contributed by atoms with Crippen LogP contribution in [0.2, 0.25) is 0 Å². The molecule has 1 aromatic carbocycles. The predicted octanol–water partition coefficient (Wildman–Crippen LogP) is 2.22. The van der Waals surface area contributed by atoms with Gasteiger partial charge in [-0.25, -0.2) is 0 Å². The van der Waals surface area contributed by atoms with Crippen molar-refractivity contribution in [1.29, 1.82) is 0 Å². The van der Waals surface area contributed by atoms with Gasteiger partial charge in [0.05, 0.1) is 6.61 Å². The Bertz CT molecular complexity index is 373. The third kappa shape index (κ3) is 3.72.